The van der Waals surface area contributed by atoms with Gasteiger partial charge in [-0.3, -0.25) is 14.5 Å². The van der Waals surface area contributed by atoms with Crippen molar-refractivity contribution in [3.05, 3.63) is 0 Å². The number of hydrogen-bond donors (Lipinski definition) is 1. The summed E-state index contributed by atoms with van der Waals surface area (Å²) in [6.45, 7) is 5.60. The Balaban J connectivity index is 3.04. The lowest BCUT2D eigenvalue weighted by atomic mass is 9.90. The molecule has 5 nitrogen and oxygen atoms in total. The first kappa shape index (κ1) is 16.7. The van der Waals surface area contributed by atoms with Crippen LogP contribution in [-0.4, -0.2) is 47.7 Å². The van der Waals surface area contributed by atoms with Crippen LogP contribution < -0.4 is 5.73 Å². The Morgan fingerprint density at radius 1 is 1.55 bits per heavy atom. The third-order valence-electron chi connectivity index (χ3n) is 3.20. The topological polar surface area (TPSA) is 72.6 Å². The summed E-state index contributed by atoms with van der Waals surface area (Å²) in [5.74, 6) is -3.63. The summed E-state index contributed by atoms with van der Waals surface area (Å²) >= 11 is 0. The highest BCUT2D eigenvalue weighted by Gasteiger charge is 2.49. The van der Waals surface area contributed by atoms with Gasteiger partial charge >= 0.3 is 12.1 Å². The number of nitrogens with two attached hydrogens (primary N) is 1. The highest BCUT2D eigenvalue weighted by Crippen LogP contribution is 2.32. The molecule has 0 aromatic carbocycles. The summed E-state index contributed by atoms with van der Waals surface area (Å²) in [5, 5.41) is 0. The van der Waals surface area contributed by atoms with Crippen LogP contribution in [0.4, 0.5) is 13.2 Å². The zero-order valence-corrected chi connectivity index (χ0v) is 11.7. The van der Waals surface area contributed by atoms with Gasteiger partial charge in [-0.15, -0.1) is 0 Å². The van der Waals surface area contributed by atoms with E-state index in [0.717, 1.165) is 0 Å². The van der Waals surface area contributed by atoms with Crippen molar-refractivity contribution in [2.75, 3.05) is 13.1 Å². The van der Waals surface area contributed by atoms with E-state index in [9.17, 15) is 22.8 Å². The minimum atomic E-state index is -4.58. The molecule has 0 aromatic heterocycles. The number of morpholine rings is 1. The standard InChI is InChI=1S/C12H19F3N2O3/c1-4-17-6-11(2,3)20-10(19)8(17)7(9(16)18)5-12(13,14)15/h7-8H,4-6H2,1-3H3,(H2,16,18). The largest absolute Gasteiger partial charge is 0.457 e. The van der Waals surface area contributed by atoms with E-state index in [2.05, 4.69) is 0 Å². The molecule has 1 fully saturated rings. The molecule has 0 saturated carbocycles. The van der Waals surface area contributed by atoms with Gasteiger partial charge in [0.2, 0.25) is 5.91 Å². The van der Waals surface area contributed by atoms with Crippen molar-refractivity contribution in [2.24, 2.45) is 11.7 Å². The maximum Gasteiger partial charge on any atom is 0.389 e. The van der Waals surface area contributed by atoms with Crippen molar-refractivity contribution < 1.29 is 27.5 Å². The quantitative estimate of drug-likeness (QED) is 0.788. The third kappa shape index (κ3) is 4.09. The third-order valence-corrected chi connectivity index (χ3v) is 3.20. The van der Waals surface area contributed by atoms with Crippen LogP contribution >= 0.6 is 0 Å². The zero-order valence-electron chi connectivity index (χ0n) is 11.7. The smallest absolute Gasteiger partial charge is 0.389 e. The summed E-state index contributed by atoms with van der Waals surface area (Å²) in [5.41, 5.74) is 4.25. The summed E-state index contributed by atoms with van der Waals surface area (Å²) in [4.78, 5) is 24.8. The van der Waals surface area contributed by atoms with Crippen LogP contribution in [0.25, 0.3) is 0 Å². The van der Waals surface area contributed by atoms with Gasteiger partial charge in [-0.2, -0.15) is 13.2 Å². The van der Waals surface area contributed by atoms with Crippen molar-refractivity contribution in [2.45, 2.75) is 45.0 Å². The van der Waals surface area contributed by atoms with E-state index in [0.29, 0.717) is 6.54 Å². The minimum Gasteiger partial charge on any atom is -0.457 e. The van der Waals surface area contributed by atoms with Crippen LogP contribution in [-0.2, 0) is 14.3 Å². The molecule has 2 atom stereocenters. The van der Waals surface area contributed by atoms with Crippen LogP contribution in [0.3, 0.4) is 0 Å². The minimum absolute atomic E-state index is 0.252. The summed E-state index contributed by atoms with van der Waals surface area (Å²) in [6, 6.07) is -1.29. The second-order valence-corrected chi connectivity index (χ2v) is 5.52. The number of nitrogens with zero attached hydrogens (tertiary/aromatic N) is 1. The predicted molar refractivity (Wildman–Crippen MR) is 64.6 cm³/mol. The SMILES string of the molecule is CCN1CC(C)(C)OC(=O)C1C(CC(F)(F)F)C(N)=O. The molecule has 0 bridgehead atoms. The lowest BCUT2D eigenvalue weighted by Crippen LogP contribution is -2.61. The number of halogens is 3. The van der Waals surface area contributed by atoms with Gasteiger partial charge in [0.15, 0.2) is 0 Å². The molecule has 0 spiro atoms. The van der Waals surface area contributed by atoms with E-state index in [-0.39, 0.29) is 6.54 Å². The number of amides is 1. The number of primary amides is 1. The van der Waals surface area contributed by atoms with Gasteiger partial charge in [0.1, 0.15) is 11.6 Å². The molecule has 0 aromatic rings. The molecule has 116 valence electrons. The molecular formula is C12H19F3N2O3. The van der Waals surface area contributed by atoms with E-state index in [1.165, 1.54) is 4.90 Å². The van der Waals surface area contributed by atoms with Gasteiger partial charge in [-0.05, 0) is 20.4 Å². The van der Waals surface area contributed by atoms with Crippen molar-refractivity contribution in [3.63, 3.8) is 0 Å². The van der Waals surface area contributed by atoms with Gasteiger partial charge in [-0.1, -0.05) is 6.92 Å². The average Bonchev–Trinajstić information content (AvgIpc) is 2.22. The molecule has 1 saturated heterocycles. The summed E-state index contributed by atoms with van der Waals surface area (Å²) in [6.07, 6.45) is -6.01. The maximum absolute atomic E-state index is 12.6. The highest BCUT2D eigenvalue weighted by atomic mass is 19.4. The first-order valence-corrected chi connectivity index (χ1v) is 6.30. The summed E-state index contributed by atoms with van der Waals surface area (Å²) < 4.78 is 42.8. The van der Waals surface area contributed by atoms with E-state index >= 15 is 0 Å². The molecule has 1 heterocycles. The molecule has 8 heteroatoms. The molecule has 20 heavy (non-hydrogen) atoms. The Morgan fingerprint density at radius 2 is 2.10 bits per heavy atom. The average molecular weight is 296 g/mol. The fourth-order valence-corrected chi connectivity index (χ4v) is 2.45. The van der Waals surface area contributed by atoms with Gasteiger partial charge in [0.05, 0.1) is 12.3 Å². The number of ether oxygens (including phenoxy) is 1. The van der Waals surface area contributed by atoms with E-state index in [4.69, 9.17) is 10.5 Å². The predicted octanol–water partition coefficient (Wildman–Crippen LogP) is 1.07. The molecule has 2 unspecified atom stereocenters. The van der Waals surface area contributed by atoms with Crippen molar-refractivity contribution in [1.82, 2.24) is 4.90 Å². The lowest BCUT2D eigenvalue weighted by Gasteiger charge is -2.44. The molecule has 1 amide bonds. The van der Waals surface area contributed by atoms with E-state index in [1.807, 2.05) is 0 Å². The van der Waals surface area contributed by atoms with Crippen molar-refractivity contribution in [1.29, 1.82) is 0 Å². The van der Waals surface area contributed by atoms with Crippen molar-refractivity contribution in [3.8, 4) is 0 Å². The van der Waals surface area contributed by atoms with Crippen LogP contribution in [0.15, 0.2) is 0 Å². The molecule has 1 rings (SSSR count). The number of esters is 1. The van der Waals surface area contributed by atoms with E-state index in [1.54, 1.807) is 20.8 Å². The number of alkyl halides is 3. The number of likely N-dealkylation sites (N-methyl/N-ethyl adjacent to an activating group) is 1. The Hall–Kier alpha value is -1.31. The second-order valence-electron chi connectivity index (χ2n) is 5.52. The number of cyclic esters (lactones) is 1. The second kappa shape index (κ2) is 5.59. The first-order valence-electron chi connectivity index (χ1n) is 6.30. The Morgan fingerprint density at radius 3 is 2.50 bits per heavy atom. The molecule has 0 aliphatic carbocycles. The normalized spacial score (nSPS) is 25.1. The summed E-state index contributed by atoms with van der Waals surface area (Å²) in [7, 11) is 0. The monoisotopic (exact) mass is 296 g/mol. The zero-order chi connectivity index (χ0) is 15.7. The van der Waals surface area contributed by atoms with Crippen LogP contribution in [0, 0.1) is 5.92 Å². The van der Waals surface area contributed by atoms with Crippen LogP contribution in [0.2, 0.25) is 0 Å². The van der Waals surface area contributed by atoms with E-state index < -0.39 is 42.0 Å². The molecule has 0 radical (unpaired) electrons. The Bertz CT molecular complexity index is 396. The van der Waals surface area contributed by atoms with Gasteiger partial charge in [0.25, 0.3) is 0 Å². The maximum atomic E-state index is 12.6. The molecular weight excluding hydrogens is 277 g/mol. The fraction of sp³-hybridized carbons (Fsp3) is 0.833. The van der Waals surface area contributed by atoms with Gasteiger partial charge in [0, 0.05) is 6.54 Å². The fourth-order valence-electron chi connectivity index (χ4n) is 2.45. The Kier molecular flexibility index (Phi) is 4.68. The number of hydrogen-bond acceptors (Lipinski definition) is 4. The number of carbonyl (C=O) groups excluding carboxylic acids is 2. The molecule has 1 aliphatic rings. The van der Waals surface area contributed by atoms with Crippen molar-refractivity contribution >= 4 is 11.9 Å². The highest BCUT2D eigenvalue weighted by molar-refractivity contribution is 5.87. The number of rotatable bonds is 4. The molecule has 1 aliphatic heterocycles. The van der Waals surface area contributed by atoms with Crippen LogP contribution in [0.1, 0.15) is 27.2 Å². The van der Waals surface area contributed by atoms with Gasteiger partial charge < -0.3 is 10.5 Å². The lowest BCUT2D eigenvalue weighted by molar-refractivity contribution is -0.190. The first-order chi connectivity index (χ1) is 8.97. The Labute approximate surface area is 115 Å². The van der Waals surface area contributed by atoms with Gasteiger partial charge in [-0.25, -0.2) is 0 Å². The number of carbonyl (C=O) groups is 2. The van der Waals surface area contributed by atoms with Crippen LogP contribution in [0.5, 0.6) is 0 Å². The molecule has 2 N–H and O–H groups in total.